The van der Waals surface area contributed by atoms with Crippen molar-refractivity contribution in [2.75, 3.05) is 5.32 Å². The van der Waals surface area contributed by atoms with Crippen molar-refractivity contribution in [3.8, 4) is 6.07 Å². The first-order chi connectivity index (χ1) is 16.1. The summed E-state index contributed by atoms with van der Waals surface area (Å²) in [6.45, 7) is 0.0677. The van der Waals surface area contributed by atoms with Crippen molar-refractivity contribution in [3.63, 3.8) is 0 Å². The summed E-state index contributed by atoms with van der Waals surface area (Å²) in [5.74, 6) is -0.112. The van der Waals surface area contributed by atoms with Crippen LogP contribution in [-0.2, 0) is 11.3 Å². The zero-order valence-corrected chi connectivity index (χ0v) is 17.4. The molecule has 2 aromatic heterocycles. The van der Waals surface area contributed by atoms with E-state index in [9.17, 15) is 14.4 Å². The first-order valence-electron chi connectivity index (χ1n) is 10.3. The van der Waals surface area contributed by atoms with Crippen LogP contribution in [0.3, 0.4) is 0 Å². The van der Waals surface area contributed by atoms with Gasteiger partial charge in [-0.15, -0.1) is 0 Å². The average molecular weight is 435 g/mol. The molecular formula is C26H18FN5O. The van der Waals surface area contributed by atoms with Crippen LogP contribution in [0.25, 0.3) is 33.6 Å². The van der Waals surface area contributed by atoms with Crippen LogP contribution in [0.4, 0.5) is 10.1 Å². The number of aromatic amines is 1. The van der Waals surface area contributed by atoms with Gasteiger partial charge >= 0.3 is 0 Å². The molecule has 1 amide bonds. The molecule has 0 spiro atoms. The monoisotopic (exact) mass is 435 g/mol. The summed E-state index contributed by atoms with van der Waals surface area (Å²) in [5.41, 5.74) is 4.22. The Bertz CT molecular complexity index is 1520. The molecule has 0 atom stereocenters. The third-order valence-electron chi connectivity index (χ3n) is 5.33. The van der Waals surface area contributed by atoms with Crippen LogP contribution < -0.4 is 5.32 Å². The molecule has 2 heterocycles. The SMILES string of the molecule is N#C/C(=C\c1cn(CC(=O)Nc2ccc(F)cc2)c2ccccc12)c1nc2ccccc2[nH]1. The van der Waals surface area contributed by atoms with Crippen molar-refractivity contribution in [1.82, 2.24) is 14.5 Å². The number of carbonyl (C=O) groups excluding carboxylic acids is 1. The van der Waals surface area contributed by atoms with E-state index in [4.69, 9.17) is 0 Å². The molecule has 5 rings (SSSR count). The zero-order chi connectivity index (χ0) is 22.8. The molecule has 5 aromatic rings. The van der Waals surface area contributed by atoms with Crippen LogP contribution in [0, 0.1) is 17.1 Å². The Balaban J connectivity index is 1.48. The topological polar surface area (TPSA) is 86.5 Å². The number of nitrogens with zero attached hydrogens (tertiary/aromatic N) is 3. The number of hydrogen-bond acceptors (Lipinski definition) is 3. The summed E-state index contributed by atoms with van der Waals surface area (Å²) in [6.07, 6.45) is 3.61. The smallest absolute Gasteiger partial charge is 0.244 e. The van der Waals surface area contributed by atoms with Crippen LogP contribution in [-0.4, -0.2) is 20.4 Å². The largest absolute Gasteiger partial charge is 0.337 e. The van der Waals surface area contributed by atoms with Gasteiger partial charge in [-0.25, -0.2) is 9.37 Å². The van der Waals surface area contributed by atoms with Crippen LogP contribution in [0.1, 0.15) is 11.4 Å². The second kappa shape index (κ2) is 8.44. The number of para-hydroxylation sites is 3. The molecule has 6 nitrogen and oxygen atoms in total. The number of nitriles is 1. The Hall–Kier alpha value is -4.70. The molecule has 3 aromatic carbocycles. The van der Waals surface area contributed by atoms with E-state index in [1.54, 1.807) is 6.08 Å². The molecule has 0 bridgehead atoms. The number of benzene rings is 3. The lowest BCUT2D eigenvalue weighted by atomic mass is 10.1. The van der Waals surface area contributed by atoms with Gasteiger partial charge in [0.25, 0.3) is 0 Å². The van der Waals surface area contributed by atoms with Gasteiger partial charge in [-0.3, -0.25) is 4.79 Å². The minimum atomic E-state index is -0.362. The minimum absolute atomic E-state index is 0.0677. The van der Waals surface area contributed by atoms with E-state index in [1.165, 1.54) is 24.3 Å². The first kappa shape index (κ1) is 20.2. The number of aromatic nitrogens is 3. The summed E-state index contributed by atoms with van der Waals surface area (Å²) >= 11 is 0. The number of amides is 1. The lowest BCUT2D eigenvalue weighted by molar-refractivity contribution is -0.116. The summed E-state index contributed by atoms with van der Waals surface area (Å²) in [7, 11) is 0. The Morgan fingerprint density at radius 3 is 2.64 bits per heavy atom. The zero-order valence-electron chi connectivity index (χ0n) is 17.4. The van der Waals surface area contributed by atoms with Gasteiger partial charge in [0, 0.05) is 28.4 Å². The number of halogens is 1. The highest BCUT2D eigenvalue weighted by Gasteiger charge is 2.13. The number of rotatable bonds is 5. The van der Waals surface area contributed by atoms with Crippen molar-refractivity contribution in [3.05, 3.63) is 96.2 Å². The lowest BCUT2D eigenvalue weighted by Crippen LogP contribution is -2.18. The van der Waals surface area contributed by atoms with Gasteiger partial charge < -0.3 is 14.9 Å². The molecule has 0 aliphatic carbocycles. The summed E-state index contributed by atoms with van der Waals surface area (Å²) in [4.78, 5) is 20.3. The van der Waals surface area contributed by atoms with E-state index < -0.39 is 0 Å². The molecule has 33 heavy (non-hydrogen) atoms. The molecule has 0 radical (unpaired) electrons. The highest BCUT2D eigenvalue weighted by molar-refractivity contribution is 5.99. The van der Waals surface area contributed by atoms with Gasteiger partial charge in [-0.05, 0) is 48.5 Å². The van der Waals surface area contributed by atoms with E-state index in [1.807, 2.05) is 59.3 Å². The fourth-order valence-electron chi connectivity index (χ4n) is 3.80. The quantitative estimate of drug-likeness (QED) is 0.365. The van der Waals surface area contributed by atoms with E-state index >= 15 is 0 Å². The van der Waals surface area contributed by atoms with Gasteiger partial charge in [0.2, 0.25) is 5.91 Å². The molecule has 0 saturated heterocycles. The van der Waals surface area contributed by atoms with Gasteiger partial charge in [0.1, 0.15) is 24.3 Å². The molecule has 0 saturated carbocycles. The molecule has 160 valence electrons. The minimum Gasteiger partial charge on any atom is -0.337 e. The molecule has 7 heteroatoms. The second-order valence-corrected chi connectivity index (χ2v) is 7.56. The fraction of sp³-hybridized carbons (Fsp3) is 0.0385. The van der Waals surface area contributed by atoms with E-state index in [0.717, 1.165) is 27.5 Å². The van der Waals surface area contributed by atoms with Gasteiger partial charge in [0.15, 0.2) is 0 Å². The molecule has 0 aliphatic rings. The second-order valence-electron chi connectivity index (χ2n) is 7.56. The summed E-state index contributed by atoms with van der Waals surface area (Å²) in [6, 6.07) is 23.1. The number of H-pyrrole nitrogens is 1. The Labute approximate surface area is 188 Å². The normalized spacial score (nSPS) is 11.6. The van der Waals surface area contributed by atoms with Crippen LogP contribution >= 0.6 is 0 Å². The lowest BCUT2D eigenvalue weighted by Gasteiger charge is -2.07. The summed E-state index contributed by atoms with van der Waals surface area (Å²) in [5, 5.41) is 13.5. The average Bonchev–Trinajstić information content (AvgIpc) is 3.40. The standard InChI is InChI=1S/C26H18FN5O/c27-19-9-11-20(12-10-19)29-25(33)16-32-15-18(21-5-1-4-8-24(21)32)13-17(14-28)26-30-22-6-2-3-7-23(22)31-26/h1-13,15H,16H2,(H,29,33)(H,30,31)/b17-13+. The predicted molar refractivity (Wildman–Crippen MR) is 127 cm³/mol. The Morgan fingerprint density at radius 1 is 1.09 bits per heavy atom. The van der Waals surface area contributed by atoms with Crippen molar-refractivity contribution in [2.24, 2.45) is 0 Å². The van der Waals surface area contributed by atoms with Crippen LogP contribution in [0.5, 0.6) is 0 Å². The number of fused-ring (bicyclic) bond motifs is 2. The Kier molecular flexibility index (Phi) is 5.17. The third kappa shape index (κ3) is 4.10. The predicted octanol–water partition coefficient (Wildman–Crippen LogP) is 5.36. The first-order valence-corrected chi connectivity index (χ1v) is 10.3. The van der Waals surface area contributed by atoms with E-state index in [2.05, 4.69) is 21.4 Å². The fourth-order valence-corrected chi connectivity index (χ4v) is 3.80. The van der Waals surface area contributed by atoms with E-state index in [0.29, 0.717) is 17.1 Å². The molecular weight excluding hydrogens is 417 g/mol. The molecule has 0 unspecified atom stereocenters. The number of allylic oxidation sites excluding steroid dienone is 1. The van der Waals surface area contributed by atoms with E-state index in [-0.39, 0.29) is 18.3 Å². The van der Waals surface area contributed by atoms with Gasteiger partial charge in [-0.2, -0.15) is 5.26 Å². The van der Waals surface area contributed by atoms with Crippen molar-refractivity contribution in [1.29, 1.82) is 5.26 Å². The number of anilines is 1. The Morgan fingerprint density at radius 2 is 1.85 bits per heavy atom. The van der Waals surface area contributed by atoms with Crippen LogP contribution in [0.2, 0.25) is 0 Å². The number of nitrogens with one attached hydrogen (secondary N) is 2. The molecule has 2 N–H and O–H groups in total. The highest BCUT2D eigenvalue weighted by Crippen LogP contribution is 2.26. The molecule has 0 fully saturated rings. The number of imidazole rings is 1. The third-order valence-corrected chi connectivity index (χ3v) is 5.33. The number of hydrogen-bond donors (Lipinski definition) is 2. The van der Waals surface area contributed by atoms with Gasteiger partial charge in [-0.1, -0.05) is 30.3 Å². The summed E-state index contributed by atoms with van der Waals surface area (Å²) < 4.78 is 14.9. The van der Waals surface area contributed by atoms with Gasteiger partial charge in [0.05, 0.1) is 16.6 Å². The van der Waals surface area contributed by atoms with Crippen molar-refractivity contribution < 1.29 is 9.18 Å². The maximum atomic E-state index is 13.1. The molecule has 0 aliphatic heterocycles. The maximum Gasteiger partial charge on any atom is 0.244 e. The van der Waals surface area contributed by atoms with Crippen molar-refractivity contribution in [2.45, 2.75) is 6.54 Å². The maximum absolute atomic E-state index is 13.1. The van der Waals surface area contributed by atoms with Crippen LogP contribution in [0.15, 0.2) is 79.0 Å². The number of carbonyl (C=O) groups is 1. The highest BCUT2D eigenvalue weighted by atomic mass is 19.1. The van der Waals surface area contributed by atoms with Crippen molar-refractivity contribution >= 4 is 45.2 Å².